The Hall–Kier alpha value is -0.620. The Morgan fingerprint density at radius 2 is 2.06 bits per heavy atom. The molecular weight excluding hydrogens is 341 g/mol. The van der Waals surface area contributed by atoms with E-state index in [4.69, 9.17) is 4.74 Å². The largest absolute Gasteiger partial charge is 0.381 e. The first-order valence-corrected chi connectivity index (χ1v) is 7.45. The molecule has 0 unspecified atom stereocenters. The number of halogens is 1. The van der Waals surface area contributed by atoms with Crippen LogP contribution < -0.4 is 5.32 Å². The van der Waals surface area contributed by atoms with Gasteiger partial charge in [-0.15, -0.1) is 0 Å². The van der Waals surface area contributed by atoms with Gasteiger partial charge in [-0.3, -0.25) is 4.79 Å². The number of hydrogen-bond donors (Lipinski definition) is 1. The van der Waals surface area contributed by atoms with E-state index in [1.807, 2.05) is 24.3 Å². The van der Waals surface area contributed by atoms with E-state index in [-0.39, 0.29) is 5.91 Å². The molecule has 18 heavy (non-hydrogen) atoms. The minimum atomic E-state index is -0.00593. The fourth-order valence-corrected chi connectivity index (χ4v) is 1.97. The second-order valence-corrected chi connectivity index (χ2v) is 5.88. The summed E-state index contributed by atoms with van der Waals surface area (Å²) in [5.41, 5.74) is 0.717. The summed E-state index contributed by atoms with van der Waals surface area (Å²) in [7, 11) is 0. The Morgan fingerprint density at radius 1 is 1.33 bits per heavy atom. The first kappa shape index (κ1) is 13.8. The topological polar surface area (TPSA) is 38.3 Å². The van der Waals surface area contributed by atoms with Gasteiger partial charge in [0, 0.05) is 28.9 Å². The maximum atomic E-state index is 11.8. The number of ether oxygens (including phenoxy) is 1. The smallest absolute Gasteiger partial charge is 0.251 e. The van der Waals surface area contributed by atoms with Gasteiger partial charge in [-0.2, -0.15) is 0 Å². The average molecular weight is 359 g/mol. The Kier molecular flexibility index (Phi) is 5.44. The maximum Gasteiger partial charge on any atom is 0.251 e. The van der Waals surface area contributed by atoms with Gasteiger partial charge in [-0.25, -0.2) is 0 Å². The van der Waals surface area contributed by atoms with Crippen LogP contribution in [0.25, 0.3) is 0 Å². The molecule has 98 valence electrons. The van der Waals surface area contributed by atoms with Crippen LogP contribution in [0.3, 0.4) is 0 Å². The minimum absolute atomic E-state index is 0.00593. The van der Waals surface area contributed by atoms with Gasteiger partial charge in [0.1, 0.15) is 0 Å². The molecule has 2 rings (SSSR count). The average Bonchev–Trinajstić information content (AvgIpc) is 3.18. The zero-order chi connectivity index (χ0) is 12.8. The number of amides is 1. The van der Waals surface area contributed by atoms with Gasteiger partial charge in [-0.05, 0) is 72.0 Å². The highest BCUT2D eigenvalue weighted by Crippen LogP contribution is 2.28. The predicted octanol–water partition coefficient (Wildman–Crippen LogP) is 2.84. The van der Waals surface area contributed by atoms with E-state index in [0.717, 1.165) is 29.1 Å². The lowest BCUT2D eigenvalue weighted by atomic mass is 10.2. The van der Waals surface area contributed by atoms with E-state index < -0.39 is 0 Å². The molecule has 1 saturated carbocycles. The zero-order valence-corrected chi connectivity index (χ0v) is 12.5. The van der Waals surface area contributed by atoms with E-state index in [0.29, 0.717) is 12.1 Å². The fraction of sp³-hybridized carbons (Fsp3) is 0.500. The molecule has 0 heterocycles. The highest BCUT2D eigenvalue weighted by atomic mass is 127. The number of nitrogens with one attached hydrogen (secondary N) is 1. The third-order valence-electron chi connectivity index (χ3n) is 2.91. The molecule has 0 atom stereocenters. The number of carbonyl (C=O) groups is 1. The molecule has 1 aliphatic carbocycles. The van der Waals surface area contributed by atoms with Crippen LogP contribution in [0.1, 0.15) is 29.6 Å². The molecule has 0 spiro atoms. The fourth-order valence-electron chi connectivity index (χ4n) is 1.61. The van der Waals surface area contributed by atoms with Crippen molar-refractivity contribution < 1.29 is 9.53 Å². The summed E-state index contributed by atoms with van der Waals surface area (Å²) in [6.07, 6.45) is 3.52. The van der Waals surface area contributed by atoms with Crippen LogP contribution in [0, 0.1) is 9.49 Å². The second-order valence-electron chi connectivity index (χ2n) is 4.63. The van der Waals surface area contributed by atoms with Crippen molar-refractivity contribution in [1.29, 1.82) is 0 Å². The van der Waals surface area contributed by atoms with Gasteiger partial charge in [0.15, 0.2) is 0 Å². The summed E-state index contributed by atoms with van der Waals surface area (Å²) in [4.78, 5) is 11.8. The molecule has 0 saturated heterocycles. The van der Waals surface area contributed by atoms with Gasteiger partial charge in [0.25, 0.3) is 5.91 Å². The van der Waals surface area contributed by atoms with Crippen molar-refractivity contribution in [3.8, 4) is 0 Å². The first-order valence-electron chi connectivity index (χ1n) is 6.37. The molecule has 3 nitrogen and oxygen atoms in total. The third-order valence-corrected chi connectivity index (χ3v) is 3.63. The number of benzene rings is 1. The molecule has 1 fully saturated rings. The Bertz CT molecular complexity index is 387. The molecule has 0 bridgehead atoms. The number of rotatable bonds is 7. The van der Waals surface area contributed by atoms with Gasteiger partial charge < -0.3 is 10.1 Å². The molecule has 0 aliphatic heterocycles. The minimum Gasteiger partial charge on any atom is -0.381 e. The summed E-state index contributed by atoms with van der Waals surface area (Å²) in [5, 5.41) is 2.90. The lowest BCUT2D eigenvalue weighted by Gasteiger charge is -2.06. The van der Waals surface area contributed by atoms with Crippen LogP contribution in [-0.4, -0.2) is 25.7 Å². The van der Waals surface area contributed by atoms with E-state index in [1.165, 1.54) is 12.8 Å². The van der Waals surface area contributed by atoms with Crippen molar-refractivity contribution in [1.82, 2.24) is 5.32 Å². The predicted molar refractivity (Wildman–Crippen MR) is 79.7 cm³/mol. The molecule has 4 heteroatoms. The highest BCUT2D eigenvalue weighted by molar-refractivity contribution is 14.1. The van der Waals surface area contributed by atoms with E-state index in [2.05, 4.69) is 27.9 Å². The van der Waals surface area contributed by atoms with Crippen molar-refractivity contribution >= 4 is 28.5 Å². The summed E-state index contributed by atoms with van der Waals surface area (Å²) in [6.45, 7) is 2.31. The van der Waals surface area contributed by atoms with Crippen molar-refractivity contribution in [2.45, 2.75) is 19.3 Å². The normalized spacial score (nSPS) is 14.5. The molecule has 1 N–H and O–H groups in total. The lowest BCUT2D eigenvalue weighted by molar-refractivity contribution is 0.0937. The first-order chi connectivity index (χ1) is 8.75. The van der Waals surface area contributed by atoms with Crippen molar-refractivity contribution in [2.24, 2.45) is 5.92 Å². The molecule has 1 aromatic rings. The van der Waals surface area contributed by atoms with Crippen LogP contribution in [0.5, 0.6) is 0 Å². The van der Waals surface area contributed by atoms with E-state index >= 15 is 0 Å². The maximum absolute atomic E-state index is 11.8. The van der Waals surface area contributed by atoms with Crippen LogP contribution in [0.4, 0.5) is 0 Å². The molecular formula is C14H18INO2. The molecule has 0 aromatic heterocycles. The summed E-state index contributed by atoms with van der Waals surface area (Å²) in [5.74, 6) is 0.806. The van der Waals surface area contributed by atoms with E-state index in [1.54, 1.807) is 0 Å². The van der Waals surface area contributed by atoms with E-state index in [9.17, 15) is 4.79 Å². The lowest BCUT2D eigenvalue weighted by Crippen LogP contribution is -2.25. The van der Waals surface area contributed by atoms with Crippen molar-refractivity contribution in [3.63, 3.8) is 0 Å². The van der Waals surface area contributed by atoms with Gasteiger partial charge in [-0.1, -0.05) is 0 Å². The monoisotopic (exact) mass is 359 g/mol. The Labute approximate surface area is 121 Å². The molecule has 0 radical (unpaired) electrons. The molecule has 1 amide bonds. The summed E-state index contributed by atoms with van der Waals surface area (Å²) < 4.78 is 6.65. The molecule has 1 aromatic carbocycles. The third kappa shape index (κ3) is 4.94. The van der Waals surface area contributed by atoms with Crippen LogP contribution >= 0.6 is 22.6 Å². The zero-order valence-electron chi connectivity index (χ0n) is 10.3. The van der Waals surface area contributed by atoms with Crippen molar-refractivity contribution in [2.75, 3.05) is 19.8 Å². The quantitative estimate of drug-likeness (QED) is 0.601. The molecule has 1 aliphatic rings. The van der Waals surface area contributed by atoms with Gasteiger partial charge in [0.05, 0.1) is 0 Å². The Balaban J connectivity index is 1.57. The standard InChI is InChI=1S/C14H18INO2/c15-13-6-4-12(5-7-13)14(17)16-8-1-9-18-10-11-2-3-11/h4-7,11H,1-3,8-10H2,(H,16,17). The second kappa shape index (κ2) is 7.09. The summed E-state index contributed by atoms with van der Waals surface area (Å²) in [6, 6.07) is 7.57. The van der Waals surface area contributed by atoms with Gasteiger partial charge >= 0.3 is 0 Å². The SMILES string of the molecule is O=C(NCCCOCC1CC1)c1ccc(I)cc1. The number of hydrogen-bond acceptors (Lipinski definition) is 2. The number of carbonyl (C=O) groups excluding carboxylic acids is 1. The van der Waals surface area contributed by atoms with Crippen molar-refractivity contribution in [3.05, 3.63) is 33.4 Å². The van der Waals surface area contributed by atoms with Crippen LogP contribution in [0.15, 0.2) is 24.3 Å². The van der Waals surface area contributed by atoms with Crippen LogP contribution in [0.2, 0.25) is 0 Å². The highest BCUT2D eigenvalue weighted by Gasteiger charge is 2.20. The van der Waals surface area contributed by atoms with Crippen LogP contribution in [-0.2, 0) is 4.74 Å². The van der Waals surface area contributed by atoms with Gasteiger partial charge in [0.2, 0.25) is 0 Å². The Morgan fingerprint density at radius 3 is 2.72 bits per heavy atom. The summed E-state index contributed by atoms with van der Waals surface area (Å²) >= 11 is 2.23.